The number of urea groups is 1. The summed E-state index contributed by atoms with van der Waals surface area (Å²) in [6.45, 7) is 5.91. The first-order valence-corrected chi connectivity index (χ1v) is 7.11. The molecule has 0 saturated carbocycles. The number of ether oxygens (including phenoxy) is 1. The summed E-state index contributed by atoms with van der Waals surface area (Å²) in [6.07, 6.45) is 1.63. The Morgan fingerprint density at radius 1 is 1.38 bits per heavy atom. The van der Waals surface area contributed by atoms with Crippen LogP contribution in [0.15, 0.2) is 23.9 Å². The molecule has 6 heteroatoms. The molecule has 0 atom stereocenters. The fraction of sp³-hybridized carbons (Fsp3) is 0.333. The van der Waals surface area contributed by atoms with Crippen LogP contribution in [-0.4, -0.2) is 29.5 Å². The number of carbonyl (C=O) groups excluding carboxylic acids is 2. The summed E-state index contributed by atoms with van der Waals surface area (Å²) in [5.74, 6) is 0.256. The Balaban J connectivity index is 2.24. The summed E-state index contributed by atoms with van der Waals surface area (Å²) >= 11 is 6.14. The molecule has 1 aromatic rings. The topological polar surface area (TPSA) is 58.6 Å². The second-order valence-corrected chi connectivity index (χ2v) is 5.30. The lowest BCUT2D eigenvalue weighted by molar-refractivity contribution is -0.122. The van der Waals surface area contributed by atoms with Gasteiger partial charge >= 0.3 is 6.03 Å². The molecule has 1 aromatic carbocycles. The average Bonchev–Trinajstić information content (AvgIpc) is 2.67. The van der Waals surface area contributed by atoms with Gasteiger partial charge in [-0.2, -0.15) is 0 Å². The molecule has 0 aliphatic carbocycles. The van der Waals surface area contributed by atoms with Crippen LogP contribution in [0.25, 0.3) is 6.08 Å². The quantitative estimate of drug-likeness (QED) is 0.687. The Labute approximate surface area is 128 Å². The van der Waals surface area contributed by atoms with Crippen LogP contribution in [0.3, 0.4) is 0 Å². The molecule has 112 valence electrons. The third kappa shape index (κ3) is 3.36. The standard InChI is InChI=1S/C15H17ClN2O3/c1-4-18-14(19)12(17-15(18)20)8-10-5-6-13(11(16)7-10)21-9(2)3/h5-9H,4H2,1-3H3,(H,17,20)/b12-8+. The predicted molar refractivity (Wildman–Crippen MR) is 81.1 cm³/mol. The van der Waals surface area contributed by atoms with E-state index in [1.807, 2.05) is 13.8 Å². The highest BCUT2D eigenvalue weighted by Gasteiger charge is 2.31. The highest BCUT2D eigenvalue weighted by atomic mass is 35.5. The van der Waals surface area contributed by atoms with Crippen LogP contribution < -0.4 is 10.1 Å². The van der Waals surface area contributed by atoms with Gasteiger partial charge in [0, 0.05) is 6.54 Å². The van der Waals surface area contributed by atoms with Gasteiger partial charge in [-0.25, -0.2) is 4.79 Å². The van der Waals surface area contributed by atoms with Crippen molar-refractivity contribution in [1.29, 1.82) is 0 Å². The highest BCUT2D eigenvalue weighted by molar-refractivity contribution is 6.32. The number of nitrogens with one attached hydrogen (secondary N) is 1. The Morgan fingerprint density at radius 3 is 2.62 bits per heavy atom. The van der Waals surface area contributed by atoms with Gasteiger partial charge in [0.2, 0.25) is 0 Å². The lowest BCUT2D eigenvalue weighted by Crippen LogP contribution is -2.30. The fourth-order valence-electron chi connectivity index (χ4n) is 1.98. The van der Waals surface area contributed by atoms with Crippen LogP contribution >= 0.6 is 11.6 Å². The number of imide groups is 1. The van der Waals surface area contributed by atoms with Crippen molar-refractivity contribution in [3.8, 4) is 5.75 Å². The lowest BCUT2D eigenvalue weighted by atomic mass is 10.2. The molecule has 0 bridgehead atoms. The minimum absolute atomic E-state index is 0.0283. The molecule has 21 heavy (non-hydrogen) atoms. The van der Waals surface area contributed by atoms with Crippen molar-refractivity contribution in [3.63, 3.8) is 0 Å². The minimum Gasteiger partial charge on any atom is -0.489 e. The van der Waals surface area contributed by atoms with Crippen molar-refractivity contribution in [2.45, 2.75) is 26.9 Å². The van der Waals surface area contributed by atoms with Crippen molar-refractivity contribution in [3.05, 3.63) is 34.5 Å². The van der Waals surface area contributed by atoms with E-state index in [4.69, 9.17) is 16.3 Å². The van der Waals surface area contributed by atoms with Gasteiger partial charge in [-0.1, -0.05) is 17.7 Å². The van der Waals surface area contributed by atoms with E-state index >= 15 is 0 Å². The first-order chi connectivity index (χ1) is 9.92. The van der Waals surface area contributed by atoms with Crippen molar-refractivity contribution >= 4 is 29.6 Å². The lowest BCUT2D eigenvalue weighted by Gasteiger charge is -2.11. The second kappa shape index (κ2) is 6.18. The summed E-state index contributed by atoms with van der Waals surface area (Å²) in [4.78, 5) is 24.7. The molecule has 0 unspecified atom stereocenters. The third-order valence-electron chi connectivity index (χ3n) is 2.91. The van der Waals surface area contributed by atoms with Crippen LogP contribution in [0.1, 0.15) is 26.3 Å². The Hall–Kier alpha value is -2.01. The summed E-state index contributed by atoms with van der Waals surface area (Å²) in [5.41, 5.74) is 0.966. The number of amides is 3. The smallest absolute Gasteiger partial charge is 0.328 e. The van der Waals surface area contributed by atoms with E-state index < -0.39 is 6.03 Å². The predicted octanol–water partition coefficient (Wildman–Crippen LogP) is 3.04. The highest BCUT2D eigenvalue weighted by Crippen LogP contribution is 2.27. The minimum atomic E-state index is -0.403. The van der Waals surface area contributed by atoms with Crippen LogP contribution in [0.4, 0.5) is 4.79 Å². The zero-order valence-corrected chi connectivity index (χ0v) is 12.9. The van der Waals surface area contributed by atoms with Gasteiger partial charge in [-0.3, -0.25) is 9.69 Å². The molecular weight excluding hydrogens is 292 g/mol. The number of halogens is 1. The molecule has 0 aromatic heterocycles. The van der Waals surface area contributed by atoms with Gasteiger partial charge in [0.1, 0.15) is 11.4 Å². The molecule has 2 rings (SSSR count). The molecule has 3 amide bonds. The second-order valence-electron chi connectivity index (χ2n) is 4.89. The molecule has 1 aliphatic heterocycles. The Bertz CT molecular complexity index is 611. The first-order valence-electron chi connectivity index (χ1n) is 6.73. The third-order valence-corrected chi connectivity index (χ3v) is 3.20. The maximum Gasteiger partial charge on any atom is 0.328 e. The Kier molecular flexibility index (Phi) is 4.53. The van der Waals surface area contributed by atoms with Gasteiger partial charge in [0.15, 0.2) is 0 Å². The fourth-order valence-corrected chi connectivity index (χ4v) is 2.22. The van der Waals surface area contributed by atoms with Gasteiger partial charge in [0.25, 0.3) is 5.91 Å². The molecule has 5 nitrogen and oxygen atoms in total. The monoisotopic (exact) mass is 308 g/mol. The normalized spacial score (nSPS) is 16.8. The number of hydrogen-bond donors (Lipinski definition) is 1. The summed E-state index contributed by atoms with van der Waals surface area (Å²) < 4.78 is 5.55. The summed E-state index contributed by atoms with van der Waals surface area (Å²) in [6, 6.07) is 4.82. The van der Waals surface area contributed by atoms with Gasteiger partial charge in [-0.05, 0) is 44.5 Å². The summed E-state index contributed by atoms with van der Waals surface area (Å²) in [5, 5.41) is 3.00. The van der Waals surface area contributed by atoms with Crippen LogP contribution in [-0.2, 0) is 4.79 Å². The van der Waals surface area contributed by atoms with E-state index in [-0.39, 0.29) is 17.7 Å². The average molecular weight is 309 g/mol. The van der Waals surface area contributed by atoms with Crippen molar-refractivity contribution in [2.24, 2.45) is 0 Å². The number of carbonyl (C=O) groups is 2. The number of nitrogens with zero attached hydrogens (tertiary/aromatic N) is 1. The van der Waals surface area contributed by atoms with E-state index in [1.165, 1.54) is 0 Å². The Morgan fingerprint density at radius 2 is 2.10 bits per heavy atom. The van der Waals surface area contributed by atoms with Crippen molar-refractivity contribution in [1.82, 2.24) is 10.2 Å². The number of likely N-dealkylation sites (N-methyl/N-ethyl adjacent to an activating group) is 1. The molecule has 1 saturated heterocycles. The van der Waals surface area contributed by atoms with Gasteiger partial charge in [-0.15, -0.1) is 0 Å². The first kappa shape index (κ1) is 15.4. The van der Waals surface area contributed by atoms with Crippen molar-refractivity contribution < 1.29 is 14.3 Å². The SMILES string of the molecule is CCN1C(=O)N/C(=C/c2ccc(OC(C)C)c(Cl)c2)C1=O. The van der Waals surface area contributed by atoms with Crippen LogP contribution in [0.2, 0.25) is 5.02 Å². The largest absolute Gasteiger partial charge is 0.489 e. The molecule has 1 heterocycles. The molecule has 0 radical (unpaired) electrons. The number of hydrogen-bond acceptors (Lipinski definition) is 3. The van der Waals surface area contributed by atoms with Crippen molar-refractivity contribution in [2.75, 3.05) is 6.54 Å². The maximum atomic E-state index is 12.0. The summed E-state index contributed by atoms with van der Waals surface area (Å²) in [7, 11) is 0. The maximum absolute atomic E-state index is 12.0. The number of benzene rings is 1. The van der Waals surface area contributed by atoms with Crippen LogP contribution in [0.5, 0.6) is 5.75 Å². The molecule has 1 aliphatic rings. The van der Waals surface area contributed by atoms with Crippen LogP contribution in [0, 0.1) is 0 Å². The molecular formula is C15H17ClN2O3. The van der Waals surface area contributed by atoms with Gasteiger partial charge in [0.05, 0.1) is 11.1 Å². The molecule has 1 N–H and O–H groups in total. The van der Waals surface area contributed by atoms with Gasteiger partial charge < -0.3 is 10.1 Å². The van der Waals surface area contributed by atoms with E-state index in [9.17, 15) is 9.59 Å². The zero-order chi connectivity index (χ0) is 15.6. The van der Waals surface area contributed by atoms with E-state index in [0.29, 0.717) is 17.3 Å². The number of rotatable bonds is 4. The van der Waals surface area contributed by atoms with E-state index in [0.717, 1.165) is 10.5 Å². The molecule has 1 fully saturated rings. The van der Waals surface area contributed by atoms with E-state index in [2.05, 4.69) is 5.32 Å². The zero-order valence-electron chi connectivity index (χ0n) is 12.1. The van der Waals surface area contributed by atoms with E-state index in [1.54, 1.807) is 31.2 Å². The molecule has 0 spiro atoms.